The van der Waals surface area contributed by atoms with Gasteiger partial charge in [0, 0.05) is 30.5 Å². The van der Waals surface area contributed by atoms with Gasteiger partial charge in [0.25, 0.3) is 0 Å². The first-order chi connectivity index (χ1) is 7.18. The van der Waals surface area contributed by atoms with E-state index in [1.807, 2.05) is 12.1 Å². The smallest absolute Gasteiger partial charge is 0.221 e. The van der Waals surface area contributed by atoms with Crippen molar-refractivity contribution in [2.24, 2.45) is 5.73 Å². The van der Waals surface area contributed by atoms with Gasteiger partial charge in [0.05, 0.1) is 0 Å². The zero-order valence-corrected chi connectivity index (χ0v) is 8.31. The van der Waals surface area contributed by atoms with Crippen LogP contribution in [-0.2, 0) is 4.79 Å². The van der Waals surface area contributed by atoms with Gasteiger partial charge < -0.3 is 16.2 Å². The summed E-state index contributed by atoms with van der Waals surface area (Å²) < 4.78 is 0. The summed E-state index contributed by atoms with van der Waals surface area (Å²) in [6, 6.07) is 6.90. The molecule has 1 aromatic carbocycles. The van der Waals surface area contributed by atoms with Crippen LogP contribution in [0.5, 0.6) is 5.75 Å². The Hall–Kier alpha value is -1.55. The van der Waals surface area contributed by atoms with E-state index in [1.165, 1.54) is 0 Å². The Kier molecular flexibility index (Phi) is 2.60. The molecule has 0 aromatic heterocycles. The van der Waals surface area contributed by atoms with Crippen LogP contribution < -0.4 is 11.1 Å². The van der Waals surface area contributed by atoms with Crippen LogP contribution in [-0.4, -0.2) is 23.6 Å². The molecule has 2 rings (SSSR count). The first-order valence-electron chi connectivity index (χ1n) is 4.98. The number of carbonyl (C=O) groups excluding carboxylic acids is 1. The molecular weight excluding hydrogens is 192 g/mol. The summed E-state index contributed by atoms with van der Waals surface area (Å²) in [5.74, 6) is 0.229. The lowest BCUT2D eigenvalue weighted by atomic mass is 9.87. The number of nitrogens with two attached hydrogens (primary N) is 1. The van der Waals surface area contributed by atoms with E-state index in [0.29, 0.717) is 13.0 Å². The summed E-state index contributed by atoms with van der Waals surface area (Å²) in [6.45, 7) is 0.498. The monoisotopic (exact) mass is 206 g/mol. The number of aromatic hydroxyl groups is 1. The molecule has 80 valence electrons. The highest BCUT2D eigenvalue weighted by molar-refractivity contribution is 5.78. The first kappa shape index (κ1) is 9.98. The van der Waals surface area contributed by atoms with Crippen molar-refractivity contribution in [3.8, 4) is 5.75 Å². The van der Waals surface area contributed by atoms with E-state index in [0.717, 1.165) is 5.56 Å². The number of amides is 1. The Morgan fingerprint density at radius 1 is 1.40 bits per heavy atom. The Bertz CT molecular complexity index is 379. The number of phenolic OH excluding ortho intramolecular Hbond substituents is 1. The molecule has 0 saturated carbocycles. The molecule has 2 atom stereocenters. The number of nitrogens with one attached hydrogen (secondary N) is 1. The van der Waals surface area contributed by atoms with Crippen molar-refractivity contribution in [2.75, 3.05) is 6.54 Å². The summed E-state index contributed by atoms with van der Waals surface area (Å²) in [5, 5.41) is 12.4. The van der Waals surface area contributed by atoms with Gasteiger partial charge in [0.2, 0.25) is 5.91 Å². The average Bonchev–Trinajstić information content (AvgIpc) is 2.20. The third-order valence-electron chi connectivity index (χ3n) is 2.79. The minimum Gasteiger partial charge on any atom is -0.508 e. The largest absolute Gasteiger partial charge is 0.508 e. The van der Waals surface area contributed by atoms with Gasteiger partial charge in [-0.1, -0.05) is 18.2 Å². The lowest BCUT2D eigenvalue weighted by molar-refractivity contribution is -0.122. The second kappa shape index (κ2) is 3.90. The Morgan fingerprint density at radius 2 is 2.13 bits per heavy atom. The average molecular weight is 206 g/mol. The van der Waals surface area contributed by atoms with Crippen LogP contribution in [0.2, 0.25) is 0 Å². The van der Waals surface area contributed by atoms with Crippen molar-refractivity contribution < 1.29 is 9.90 Å². The van der Waals surface area contributed by atoms with E-state index in [2.05, 4.69) is 5.32 Å². The van der Waals surface area contributed by atoms with E-state index in [-0.39, 0.29) is 23.6 Å². The molecule has 2 unspecified atom stereocenters. The molecule has 1 aliphatic heterocycles. The number of benzene rings is 1. The molecule has 15 heavy (non-hydrogen) atoms. The maximum atomic E-state index is 11.1. The molecule has 1 saturated heterocycles. The van der Waals surface area contributed by atoms with Crippen molar-refractivity contribution >= 4 is 5.91 Å². The highest BCUT2D eigenvalue weighted by Gasteiger charge is 2.28. The van der Waals surface area contributed by atoms with Gasteiger partial charge in [0.15, 0.2) is 0 Å². The van der Waals surface area contributed by atoms with E-state index in [9.17, 15) is 9.90 Å². The van der Waals surface area contributed by atoms with Gasteiger partial charge in [-0.3, -0.25) is 4.79 Å². The van der Waals surface area contributed by atoms with E-state index in [1.54, 1.807) is 12.1 Å². The third kappa shape index (κ3) is 1.94. The predicted molar refractivity (Wildman–Crippen MR) is 56.4 cm³/mol. The van der Waals surface area contributed by atoms with Crippen molar-refractivity contribution in [2.45, 2.75) is 18.4 Å². The highest BCUT2D eigenvalue weighted by atomic mass is 16.3. The molecular formula is C11H14N2O2. The molecule has 1 fully saturated rings. The topological polar surface area (TPSA) is 75.4 Å². The predicted octanol–water partition coefficient (Wildman–Crippen LogP) is 0.323. The normalized spacial score (nSPS) is 26.1. The first-order valence-corrected chi connectivity index (χ1v) is 4.98. The molecule has 1 aromatic rings. The fraction of sp³-hybridized carbons (Fsp3) is 0.364. The minimum atomic E-state index is -0.216. The van der Waals surface area contributed by atoms with Crippen molar-refractivity contribution in [3.05, 3.63) is 29.8 Å². The van der Waals surface area contributed by atoms with Crippen molar-refractivity contribution in [1.29, 1.82) is 0 Å². The van der Waals surface area contributed by atoms with Gasteiger partial charge in [-0.15, -0.1) is 0 Å². The molecule has 1 aliphatic rings. The number of carbonyl (C=O) groups is 1. The molecule has 4 N–H and O–H groups in total. The standard InChI is InChI=1S/C11H14N2O2/c12-9-5-11(15)13-6-8(9)7-3-1-2-4-10(7)14/h1-4,8-9,14H,5-6,12H2,(H,13,15). The van der Waals surface area contributed by atoms with Crippen LogP contribution in [0.1, 0.15) is 17.9 Å². The zero-order valence-electron chi connectivity index (χ0n) is 8.31. The second-order valence-corrected chi connectivity index (χ2v) is 3.84. The molecule has 0 spiro atoms. The lowest BCUT2D eigenvalue weighted by Gasteiger charge is -2.29. The SMILES string of the molecule is NC1CC(=O)NCC1c1ccccc1O. The number of hydrogen-bond acceptors (Lipinski definition) is 3. The molecule has 1 amide bonds. The summed E-state index contributed by atoms with van der Waals surface area (Å²) >= 11 is 0. The van der Waals surface area contributed by atoms with Crippen LogP contribution in [0.15, 0.2) is 24.3 Å². The highest BCUT2D eigenvalue weighted by Crippen LogP contribution is 2.29. The van der Waals surface area contributed by atoms with Crippen LogP contribution in [0, 0.1) is 0 Å². The van der Waals surface area contributed by atoms with E-state index < -0.39 is 0 Å². The van der Waals surface area contributed by atoms with E-state index >= 15 is 0 Å². The summed E-state index contributed by atoms with van der Waals surface area (Å²) in [7, 11) is 0. The molecule has 0 bridgehead atoms. The van der Waals surface area contributed by atoms with Crippen LogP contribution in [0.25, 0.3) is 0 Å². The van der Waals surface area contributed by atoms with Gasteiger partial charge in [-0.2, -0.15) is 0 Å². The van der Waals surface area contributed by atoms with Gasteiger partial charge >= 0.3 is 0 Å². The Labute approximate surface area is 88.1 Å². The van der Waals surface area contributed by atoms with E-state index in [4.69, 9.17) is 5.73 Å². The Balaban J connectivity index is 2.24. The minimum absolute atomic E-state index is 0.00361. The summed E-state index contributed by atoms with van der Waals surface area (Å²) in [4.78, 5) is 11.1. The van der Waals surface area contributed by atoms with Crippen LogP contribution in [0.3, 0.4) is 0 Å². The molecule has 4 nitrogen and oxygen atoms in total. The number of para-hydroxylation sites is 1. The number of phenols is 1. The fourth-order valence-corrected chi connectivity index (χ4v) is 1.95. The second-order valence-electron chi connectivity index (χ2n) is 3.84. The maximum absolute atomic E-state index is 11.1. The third-order valence-corrected chi connectivity index (χ3v) is 2.79. The number of rotatable bonds is 1. The lowest BCUT2D eigenvalue weighted by Crippen LogP contribution is -2.46. The fourth-order valence-electron chi connectivity index (χ4n) is 1.95. The molecule has 0 radical (unpaired) electrons. The maximum Gasteiger partial charge on any atom is 0.221 e. The molecule has 0 aliphatic carbocycles. The summed E-state index contributed by atoms with van der Waals surface area (Å²) in [6.07, 6.45) is 0.318. The Morgan fingerprint density at radius 3 is 2.80 bits per heavy atom. The van der Waals surface area contributed by atoms with Crippen molar-refractivity contribution in [3.63, 3.8) is 0 Å². The van der Waals surface area contributed by atoms with Crippen molar-refractivity contribution in [1.82, 2.24) is 5.32 Å². The number of hydrogen-bond donors (Lipinski definition) is 3. The van der Waals surface area contributed by atoms with Gasteiger partial charge in [-0.05, 0) is 6.07 Å². The van der Waals surface area contributed by atoms with Gasteiger partial charge in [0.1, 0.15) is 5.75 Å². The van der Waals surface area contributed by atoms with Crippen LogP contribution >= 0.6 is 0 Å². The number of piperidine rings is 1. The zero-order chi connectivity index (χ0) is 10.8. The quantitative estimate of drug-likeness (QED) is 0.619. The van der Waals surface area contributed by atoms with Gasteiger partial charge in [-0.25, -0.2) is 0 Å². The molecule has 4 heteroatoms. The summed E-state index contributed by atoms with van der Waals surface area (Å²) in [5.41, 5.74) is 6.71. The molecule has 1 heterocycles. The van der Waals surface area contributed by atoms with Crippen LogP contribution in [0.4, 0.5) is 0 Å².